The summed E-state index contributed by atoms with van der Waals surface area (Å²) in [7, 11) is 0. The van der Waals surface area contributed by atoms with E-state index in [1.165, 1.54) is 18.2 Å². The lowest BCUT2D eigenvalue weighted by Gasteiger charge is -2.32. The van der Waals surface area contributed by atoms with Crippen molar-refractivity contribution in [2.75, 3.05) is 26.3 Å². The van der Waals surface area contributed by atoms with E-state index in [4.69, 9.17) is 4.74 Å². The lowest BCUT2D eigenvalue weighted by Crippen LogP contribution is -2.42. The van der Waals surface area contributed by atoms with Crippen molar-refractivity contribution in [2.24, 2.45) is 0 Å². The first-order chi connectivity index (χ1) is 9.59. The van der Waals surface area contributed by atoms with Crippen LogP contribution < -0.4 is 4.74 Å². The second kappa shape index (κ2) is 6.62. The van der Waals surface area contributed by atoms with E-state index in [0.717, 1.165) is 0 Å². The van der Waals surface area contributed by atoms with Crippen LogP contribution in [0.25, 0.3) is 0 Å². The number of nitrogens with zero attached hydrogens (tertiary/aromatic N) is 1. The summed E-state index contributed by atoms with van der Waals surface area (Å²) in [5, 5.41) is 9.41. The highest BCUT2D eigenvalue weighted by molar-refractivity contribution is 5.76. The number of hydrogen-bond acceptors (Lipinski definition) is 4. The summed E-state index contributed by atoms with van der Waals surface area (Å²) in [5.41, 5.74) is 0.224. The number of hydrogen-bond donors (Lipinski definition) is 1. The van der Waals surface area contributed by atoms with E-state index in [1.807, 2.05) is 0 Å². The summed E-state index contributed by atoms with van der Waals surface area (Å²) in [5.74, 6) is -1.21. The number of benzene rings is 1. The van der Waals surface area contributed by atoms with Crippen molar-refractivity contribution < 1.29 is 28.2 Å². The molecule has 1 aliphatic rings. The molecule has 1 unspecified atom stereocenters. The zero-order valence-electron chi connectivity index (χ0n) is 10.7. The van der Waals surface area contributed by atoms with Crippen LogP contribution in [0.3, 0.4) is 0 Å². The number of carboxylic acid groups (broad SMARTS) is 1. The van der Waals surface area contributed by atoms with Gasteiger partial charge in [0.05, 0.1) is 13.2 Å². The van der Waals surface area contributed by atoms with E-state index in [0.29, 0.717) is 26.3 Å². The minimum Gasteiger partial charge on any atom is -0.480 e. The Morgan fingerprint density at radius 1 is 1.30 bits per heavy atom. The fourth-order valence-electron chi connectivity index (χ4n) is 2.23. The number of ether oxygens (including phenoxy) is 2. The van der Waals surface area contributed by atoms with Gasteiger partial charge in [0.2, 0.25) is 0 Å². The Labute approximate surface area is 114 Å². The predicted molar refractivity (Wildman–Crippen MR) is 65.8 cm³/mol. The number of aliphatic carboxylic acids is 1. The van der Waals surface area contributed by atoms with Gasteiger partial charge in [-0.1, -0.05) is 18.2 Å². The number of carboxylic acids is 1. The molecule has 0 spiro atoms. The third kappa shape index (κ3) is 3.43. The topological polar surface area (TPSA) is 59.0 Å². The Morgan fingerprint density at radius 2 is 1.95 bits per heavy atom. The zero-order chi connectivity index (χ0) is 14.5. The summed E-state index contributed by atoms with van der Waals surface area (Å²) < 4.78 is 34.4. The molecule has 0 amide bonds. The Balaban J connectivity index is 2.31. The zero-order valence-corrected chi connectivity index (χ0v) is 10.7. The van der Waals surface area contributed by atoms with Gasteiger partial charge in [0.1, 0.15) is 11.8 Å². The van der Waals surface area contributed by atoms with Crippen molar-refractivity contribution in [3.8, 4) is 5.75 Å². The number of carbonyl (C=O) groups is 1. The van der Waals surface area contributed by atoms with Gasteiger partial charge in [-0.3, -0.25) is 9.69 Å². The number of alkyl halides is 2. The molecular formula is C13H15F2NO4. The molecule has 0 aromatic heterocycles. The summed E-state index contributed by atoms with van der Waals surface area (Å²) in [6, 6.07) is 4.95. The van der Waals surface area contributed by atoms with Gasteiger partial charge in [0.15, 0.2) is 0 Å². The molecule has 1 aromatic rings. The first kappa shape index (κ1) is 14.7. The largest absolute Gasteiger partial charge is 0.480 e. The Hall–Kier alpha value is -1.73. The molecule has 0 bridgehead atoms. The molecule has 0 saturated carbocycles. The van der Waals surface area contributed by atoms with Crippen LogP contribution in [0.4, 0.5) is 8.78 Å². The number of halogens is 2. The van der Waals surface area contributed by atoms with E-state index in [-0.39, 0.29) is 11.3 Å². The molecule has 1 atom stereocenters. The Bertz CT molecular complexity index is 463. The van der Waals surface area contributed by atoms with E-state index in [9.17, 15) is 18.7 Å². The molecule has 2 rings (SSSR count). The molecule has 110 valence electrons. The van der Waals surface area contributed by atoms with Crippen LogP contribution in [-0.2, 0) is 9.53 Å². The summed E-state index contributed by atoms with van der Waals surface area (Å²) in [6.07, 6.45) is 0. The molecule has 5 nitrogen and oxygen atoms in total. The second-order valence-corrected chi connectivity index (χ2v) is 4.31. The quantitative estimate of drug-likeness (QED) is 0.894. The molecule has 0 radical (unpaired) electrons. The van der Waals surface area contributed by atoms with Gasteiger partial charge in [0, 0.05) is 18.7 Å². The highest BCUT2D eigenvalue weighted by atomic mass is 19.3. The van der Waals surface area contributed by atoms with Gasteiger partial charge in [-0.2, -0.15) is 8.78 Å². The average molecular weight is 287 g/mol. The summed E-state index contributed by atoms with van der Waals surface area (Å²) in [6.45, 7) is -1.29. The van der Waals surface area contributed by atoms with Gasteiger partial charge >= 0.3 is 12.6 Å². The first-order valence-electron chi connectivity index (χ1n) is 6.18. The van der Waals surface area contributed by atoms with Crippen LogP contribution in [0.15, 0.2) is 24.3 Å². The maximum absolute atomic E-state index is 12.4. The molecular weight excluding hydrogens is 272 g/mol. The lowest BCUT2D eigenvalue weighted by molar-refractivity contribution is -0.145. The van der Waals surface area contributed by atoms with Gasteiger partial charge in [-0.05, 0) is 6.07 Å². The molecule has 0 aliphatic carbocycles. The van der Waals surface area contributed by atoms with Crippen LogP contribution in [0.1, 0.15) is 11.6 Å². The number of para-hydroxylation sites is 1. The minimum absolute atomic E-state index is 0.110. The van der Waals surface area contributed by atoms with Crippen molar-refractivity contribution in [2.45, 2.75) is 12.7 Å². The van der Waals surface area contributed by atoms with Crippen LogP contribution in [0, 0.1) is 0 Å². The lowest BCUT2D eigenvalue weighted by atomic mass is 10.0. The SMILES string of the molecule is O=C(O)C(c1ccccc1OC(F)F)N1CCOCC1. The highest BCUT2D eigenvalue weighted by Gasteiger charge is 2.31. The van der Waals surface area contributed by atoms with Crippen LogP contribution in [-0.4, -0.2) is 48.9 Å². The minimum atomic E-state index is -2.99. The Kier molecular flexibility index (Phi) is 4.86. The highest BCUT2D eigenvalue weighted by Crippen LogP contribution is 2.31. The molecule has 1 fully saturated rings. The maximum atomic E-state index is 12.4. The molecule has 20 heavy (non-hydrogen) atoms. The molecule has 1 saturated heterocycles. The van der Waals surface area contributed by atoms with E-state index >= 15 is 0 Å². The number of rotatable bonds is 5. The van der Waals surface area contributed by atoms with Crippen molar-refractivity contribution in [1.82, 2.24) is 4.90 Å². The average Bonchev–Trinajstić information content (AvgIpc) is 2.41. The van der Waals surface area contributed by atoms with E-state index < -0.39 is 18.6 Å². The predicted octanol–water partition coefficient (Wildman–Crippen LogP) is 1.75. The molecule has 1 aromatic carbocycles. The molecule has 1 heterocycles. The van der Waals surface area contributed by atoms with Gasteiger partial charge in [-0.15, -0.1) is 0 Å². The van der Waals surface area contributed by atoms with Gasteiger partial charge < -0.3 is 14.6 Å². The van der Waals surface area contributed by atoms with Crippen LogP contribution in [0.2, 0.25) is 0 Å². The second-order valence-electron chi connectivity index (χ2n) is 4.31. The monoisotopic (exact) mass is 287 g/mol. The third-order valence-electron chi connectivity index (χ3n) is 3.07. The van der Waals surface area contributed by atoms with Crippen molar-refractivity contribution >= 4 is 5.97 Å². The fraction of sp³-hybridized carbons (Fsp3) is 0.462. The van der Waals surface area contributed by atoms with Crippen molar-refractivity contribution in [3.05, 3.63) is 29.8 Å². The van der Waals surface area contributed by atoms with E-state index in [2.05, 4.69) is 4.74 Å². The van der Waals surface area contributed by atoms with Crippen molar-refractivity contribution in [1.29, 1.82) is 0 Å². The summed E-state index contributed by atoms with van der Waals surface area (Å²) >= 11 is 0. The molecule has 1 N–H and O–H groups in total. The maximum Gasteiger partial charge on any atom is 0.387 e. The van der Waals surface area contributed by atoms with Gasteiger partial charge in [0.25, 0.3) is 0 Å². The van der Waals surface area contributed by atoms with Crippen LogP contribution >= 0.6 is 0 Å². The van der Waals surface area contributed by atoms with E-state index in [1.54, 1.807) is 11.0 Å². The first-order valence-corrected chi connectivity index (χ1v) is 6.18. The Morgan fingerprint density at radius 3 is 2.55 bits per heavy atom. The fourth-order valence-corrected chi connectivity index (χ4v) is 2.23. The smallest absolute Gasteiger partial charge is 0.387 e. The summed E-state index contributed by atoms with van der Waals surface area (Å²) in [4.78, 5) is 13.2. The third-order valence-corrected chi connectivity index (χ3v) is 3.07. The van der Waals surface area contributed by atoms with Gasteiger partial charge in [-0.25, -0.2) is 0 Å². The molecule has 1 aliphatic heterocycles. The van der Waals surface area contributed by atoms with Crippen LogP contribution in [0.5, 0.6) is 5.75 Å². The standard InChI is InChI=1S/C13H15F2NO4/c14-13(15)20-10-4-2-1-3-9(10)11(12(17)18)16-5-7-19-8-6-16/h1-4,11,13H,5-8H2,(H,17,18). The normalized spacial score (nSPS) is 17.9. The molecule has 7 heteroatoms. The number of morpholine rings is 1. The van der Waals surface area contributed by atoms with Crippen molar-refractivity contribution in [3.63, 3.8) is 0 Å².